The Balaban J connectivity index is 2.93. The van der Waals surface area contributed by atoms with Crippen LogP contribution in [0.15, 0.2) is 23.1 Å². The van der Waals surface area contributed by atoms with Gasteiger partial charge in [0.15, 0.2) is 9.84 Å². The van der Waals surface area contributed by atoms with Crippen LogP contribution in [0.4, 0.5) is 0 Å². The molecule has 0 aliphatic carbocycles. The molecule has 6 heteroatoms. The summed E-state index contributed by atoms with van der Waals surface area (Å²) in [7, 11) is -1.58. The molecule has 0 bridgehead atoms. The monoisotopic (exact) mass is 295 g/mol. The Morgan fingerprint density at radius 2 is 2.00 bits per heavy atom. The Kier molecular flexibility index (Phi) is 5.25. The summed E-state index contributed by atoms with van der Waals surface area (Å²) < 4.78 is 24.1. The highest BCUT2D eigenvalue weighted by Gasteiger charge is 2.19. The van der Waals surface area contributed by atoms with Gasteiger partial charge < -0.3 is 5.32 Å². The molecular formula is C11H15Cl2NO2S. The second-order valence-corrected chi connectivity index (χ2v) is 6.79. The van der Waals surface area contributed by atoms with Gasteiger partial charge in [0.1, 0.15) is 0 Å². The lowest BCUT2D eigenvalue weighted by atomic mass is 10.3. The first-order valence-electron chi connectivity index (χ1n) is 5.22. The number of halogens is 2. The third-order valence-electron chi connectivity index (χ3n) is 2.54. The van der Waals surface area contributed by atoms with Gasteiger partial charge in [-0.05, 0) is 38.6 Å². The topological polar surface area (TPSA) is 46.2 Å². The minimum atomic E-state index is -3.37. The molecule has 0 aliphatic heterocycles. The van der Waals surface area contributed by atoms with Crippen LogP contribution in [0.5, 0.6) is 0 Å². The van der Waals surface area contributed by atoms with E-state index in [1.807, 2.05) is 6.92 Å². The lowest BCUT2D eigenvalue weighted by molar-refractivity contribution is 0.565. The van der Waals surface area contributed by atoms with Crippen molar-refractivity contribution in [1.82, 2.24) is 5.32 Å². The van der Waals surface area contributed by atoms with E-state index in [0.717, 1.165) is 0 Å². The predicted octanol–water partition coefficient (Wildman–Crippen LogP) is 2.77. The summed E-state index contributed by atoms with van der Waals surface area (Å²) in [6.45, 7) is 1.93. The lowest BCUT2D eigenvalue weighted by Crippen LogP contribution is -2.24. The van der Waals surface area contributed by atoms with Crippen molar-refractivity contribution in [3.8, 4) is 0 Å². The molecule has 96 valence electrons. The predicted molar refractivity (Wildman–Crippen MR) is 71.7 cm³/mol. The van der Waals surface area contributed by atoms with Crippen molar-refractivity contribution in [2.24, 2.45) is 0 Å². The van der Waals surface area contributed by atoms with Crippen LogP contribution in [-0.4, -0.2) is 27.3 Å². The Labute approximate surface area is 112 Å². The number of rotatable bonds is 5. The molecule has 0 spiro atoms. The van der Waals surface area contributed by atoms with Gasteiger partial charge in [-0.15, -0.1) is 0 Å². The first-order valence-corrected chi connectivity index (χ1v) is 7.62. The van der Waals surface area contributed by atoms with Gasteiger partial charge in [-0.3, -0.25) is 0 Å². The van der Waals surface area contributed by atoms with Gasteiger partial charge in [0, 0.05) is 11.1 Å². The van der Waals surface area contributed by atoms with E-state index in [0.29, 0.717) is 11.4 Å². The molecule has 0 saturated heterocycles. The van der Waals surface area contributed by atoms with Crippen molar-refractivity contribution >= 4 is 33.0 Å². The van der Waals surface area contributed by atoms with Crippen molar-refractivity contribution in [3.05, 3.63) is 28.2 Å². The van der Waals surface area contributed by atoms with E-state index in [4.69, 9.17) is 23.2 Å². The molecular weight excluding hydrogens is 281 g/mol. The summed E-state index contributed by atoms with van der Waals surface area (Å²) in [6.07, 6.45) is 0.529. The summed E-state index contributed by atoms with van der Waals surface area (Å²) in [5.74, 6) is 0.0507. The van der Waals surface area contributed by atoms with Crippen LogP contribution in [0, 0.1) is 0 Å². The van der Waals surface area contributed by atoms with Crippen LogP contribution in [0.25, 0.3) is 0 Å². The Bertz CT molecular complexity index is 488. The highest BCUT2D eigenvalue weighted by molar-refractivity contribution is 7.91. The maximum absolute atomic E-state index is 12.1. The summed E-state index contributed by atoms with van der Waals surface area (Å²) in [5, 5.41) is 3.58. The molecule has 1 atom stereocenters. The van der Waals surface area contributed by atoms with E-state index in [-0.39, 0.29) is 21.7 Å². The molecule has 1 N–H and O–H groups in total. The van der Waals surface area contributed by atoms with Crippen molar-refractivity contribution < 1.29 is 8.42 Å². The number of sulfone groups is 1. The minimum Gasteiger partial charge on any atom is -0.317 e. The first-order chi connectivity index (χ1) is 7.86. The fourth-order valence-corrected chi connectivity index (χ4v) is 3.56. The molecule has 0 saturated carbocycles. The maximum atomic E-state index is 12.1. The molecule has 0 amide bonds. The second-order valence-electron chi connectivity index (χ2n) is 3.87. The molecule has 1 rings (SSSR count). The normalized spacial score (nSPS) is 13.6. The van der Waals surface area contributed by atoms with Gasteiger partial charge in [-0.25, -0.2) is 8.42 Å². The molecule has 1 unspecified atom stereocenters. The Morgan fingerprint density at radius 1 is 1.35 bits per heavy atom. The quantitative estimate of drug-likeness (QED) is 0.909. The van der Waals surface area contributed by atoms with Crippen LogP contribution in [0.3, 0.4) is 0 Å². The second kappa shape index (κ2) is 6.05. The van der Waals surface area contributed by atoms with Gasteiger partial charge in [0.2, 0.25) is 0 Å². The van der Waals surface area contributed by atoms with E-state index in [1.54, 1.807) is 13.1 Å². The zero-order valence-electron chi connectivity index (χ0n) is 9.70. The van der Waals surface area contributed by atoms with Gasteiger partial charge >= 0.3 is 0 Å². The highest BCUT2D eigenvalue weighted by atomic mass is 35.5. The van der Waals surface area contributed by atoms with Crippen LogP contribution in [0.2, 0.25) is 10.0 Å². The van der Waals surface area contributed by atoms with Crippen molar-refractivity contribution in [2.75, 3.05) is 12.8 Å². The van der Waals surface area contributed by atoms with Crippen LogP contribution >= 0.6 is 23.2 Å². The smallest absolute Gasteiger partial charge is 0.179 e. The van der Waals surface area contributed by atoms with Gasteiger partial charge in [-0.2, -0.15) is 0 Å². The number of nitrogens with one attached hydrogen (secondary N) is 1. The van der Waals surface area contributed by atoms with Gasteiger partial charge in [0.05, 0.1) is 15.7 Å². The highest BCUT2D eigenvalue weighted by Crippen LogP contribution is 2.26. The standard InChI is InChI=1S/C11H15Cl2NO2S/c1-8(14-2)5-6-17(15,16)11-7-9(12)3-4-10(11)13/h3-4,7-8,14H,5-6H2,1-2H3. The van der Waals surface area contributed by atoms with E-state index < -0.39 is 9.84 Å². The van der Waals surface area contributed by atoms with Gasteiger partial charge in [-0.1, -0.05) is 23.2 Å². The van der Waals surface area contributed by atoms with Crippen molar-refractivity contribution in [1.29, 1.82) is 0 Å². The maximum Gasteiger partial charge on any atom is 0.179 e. The third-order valence-corrected chi connectivity index (χ3v) is 5.00. The fraction of sp³-hybridized carbons (Fsp3) is 0.455. The van der Waals surface area contributed by atoms with Crippen molar-refractivity contribution in [2.45, 2.75) is 24.3 Å². The molecule has 17 heavy (non-hydrogen) atoms. The number of hydrogen-bond donors (Lipinski definition) is 1. The molecule has 1 aromatic carbocycles. The van der Waals surface area contributed by atoms with Crippen LogP contribution in [0.1, 0.15) is 13.3 Å². The largest absolute Gasteiger partial charge is 0.317 e. The molecule has 0 heterocycles. The molecule has 0 aromatic heterocycles. The summed E-state index contributed by atoms with van der Waals surface area (Å²) in [6, 6.07) is 4.60. The SMILES string of the molecule is CNC(C)CCS(=O)(=O)c1cc(Cl)ccc1Cl. The third kappa shape index (κ3) is 4.14. The zero-order valence-corrected chi connectivity index (χ0v) is 12.0. The van der Waals surface area contributed by atoms with Crippen LogP contribution < -0.4 is 5.32 Å². The molecule has 0 radical (unpaired) electrons. The molecule has 1 aromatic rings. The van der Waals surface area contributed by atoms with E-state index in [1.165, 1.54) is 12.1 Å². The van der Waals surface area contributed by atoms with Crippen molar-refractivity contribution in [3.63, 3.8) is 0 Å². The van der Waals surface area contributed by atoms with Crippen LogP contribution in [-0.2, 0) is 9.84 Å². The van der Waals surface area contributed by atoms with E-state index in [9.17, 15) is 8.42 Å². The number of hydrogen-bond acceptors (Lipinski definition) is 3. The Hall–Kier alpha value is -0.290. The minimum absolute atomic E-state index is 0.0507. The average molecular weight is 296 g/mol. The van der Waals surface area contributed by atoms with E-state index in [2.05, 4.69) is 5.32 Å². The lowest BCUT2D eigenvalue weighted by Gasteiger charge is -2.11. The summed E-state index contributed by atoms with van der Waals surface area (Å²) in [5.41, 5.74) is 0. The Morgan fingerprint density at radius 3 is 2.59 bits per heavy atom. The molecule has 3 nitrogen and oxygen atoms in total. The summed E-state index contributed by atoms with van der Waals surface area (Å²) >= 11 is 11.7. The van der Waals surface area contributed by atoms with Gasteiger partial charge in [0.25, 0.3) is 0 Å². The number of benzene rings is 1. The molecule has 0 fully saturated rings. The first kappa shape index (κ1) is 14.8. The molecule has 0 aliphatic rings. The zero-order chi connectivity index (χ0) is 13.1. The fourth-order valence-electron chi connectivity index (χ4n) is 1.30. The van der Waals surface area contributed by atoms with E-state index >= 15 is 0 Å². The summed E-state index contributed by atoms with van der Waals surface area (Å²) in [4.78, 5) is 0.106. The average Bonchev–Trinajstić information content (AvgIpc) is 2.29.